The Bertz CT molecular complexity index is 2000. The third-order valence-corrected chi connectivity index (χ3v) is 12.3. The number of fused-ring (bicyclic) bond motifs is 6. The quantitative estimate of drug-likeness (QED) is 0.228. The first kappa shape index (κ1) is 28.9. The molecule has 4 aromatic rings. The van der Waals surface area contributed by atoms with Crippen molar-refractivity contribution >= 4 is 50.9 Å². The number of halogens is 4. The van der Waals surface area contributed by atoms with Crippen LogP contribution in [0.4, 0.5) is 8.78 Å². The monoisotopic (exact) mass is 659 g/mol. The smallest absolute Gasteiger partial charge is 0.226 e. The van der Waals surface area contributed by atoms with Crippen molar-refractivity contribution in [3.63, 3.8) is 0 Å². The van der Waals surface area contributed by atoms with E-state index in [0.29, 0.717) is 58.0 Å². The minimum Gasteiger partial charge on any atom is -0.337 e. The molecule has 6 aliphatic rings. The van der Waals surface area contributed by atoms with Gasteiger partial charge in [-0.05, 0) is 75.1 Å². The van der Waals surface area contributed by atoms with Crippen LogP contribution in [0.3, 0.4) is 0 Å². The van der Waals surface area contributed by atoms with Crippen LogP contribution in [-0.4, -0.2) is 45.2 Å². The van der Waals surface area contributed by atoms with Crippen LogP contribution < -0.4 is 5.32 Å². The Morgan fingerprint density at radius 3 is 2.72 bits per heavy atom. The number of hydrogen-bond donors (Lipinski definition) is 1. The number of benzene rings is 2. The molecule has 1 N–H and O–H groups in total. The zero-order valence-corrected chi connectivity index (χ0v) is 26.9. The van der Waals surface area contributed by atoms with Crippen LogP contribution >= 0.6 is 23.2 Å². The van der Waals surface area contributed by atoms with Crippen molar-refractivity contribution in [3.05, 3.63) is 63.1 Å². The SMILES string of the molecule is Cc1nc2c(F)c(-c3cccc(Cl)c3Cl)c(CCC#N)cc2c2c1cc([C@H]1[C@H]3C[C@H](C[C@@H]3F)N1C(=O)C1CC1)n2C1[C@H]2CN[C@@H]1C2. The number of alkyl halides is 1. The Kier molecular flexibility index (Phi) is 6.52. The number of nitrogens with zero attached hydrogens (tertiary/aromatic N) is 4. The number of nitrogens with one attached hydrogen (secondary N) is 1. The molecule has 6 fully saturated rings. The zero-order valence-electron chi connectivity index (χ0n) is 25.4. The summed E-state index contributed by atoms with van der Waals surface area (Å²) in [7, 11) is 0. The topological polar surface area (TPSA) is 74.0 Å². The van der Waals surface area contributed by atoms with Gasteiger partial charge in [-0.1, -0.05) is 35.3 Å². The fraction of sp³-hybridized carbons (Fsp3) is 0.472. The van der Waals surface area contributed by atoms with E-state index in [2.05, 4.69) is 22.0 Å². The summed E-state index contributed by atoms with van der Waals surface area (Å²) in [6.07, 6.45) is 3.49. The average molecular weight is 661 g/mol. The molecule has 10 heteroatoms. The molecule has 5 heterocycles. The third-order valence-electron chi connectivity index (χ3n) is 11.5. The summed E-state index contributed by atoms with van der Waals surface area (Å²) < 4.78 is 35.0. The molecule has 3 aliphatic heterocycles. The Morgan fingerprint density at radius 2 is 2.00 bits per heavy atom. The predicted octanol–water partition coefficient (Wildman–Crippen LogP) is 8.01. The van der Waals surface area contributed by atoms with Gasteiger partial charge in [-0.15, -0.1) is 0 Å². The first-order valence-electron chi connectivity index (χ1n) is 16.4. The van der Waals surface area contributed by atoms with E-state index in [1.165, 1.54) is 0 Å². The molecule has 236 valence electrons. The first-order valence-corrected chi connectivity index (χ1v) is 17.2. The van der Waals surface area contributed by atoms with E-state index >= 15 is 8.78 Å². The van der Waals surface area contributed by atoms with Crippen molar-refractivity contribution < 1.29 is 13.6 Å². The maximum absolute atomic E-state index is 17.0. The molecule has 3 saturated heterocycles. The van der Waals surface area contributed by atoms with Crippen LogP contribution in [0.5, 0.6) is 0 Å². The number of amides is 1. The number of carbonyl (C=O) groups is 1. The number of likely N-dealkylation sites (tertiary alicyclic amines) is 1. The molecule has 0 radical (unpaired) electrons. The van der Waals surface area contributed by atoms with Crippen molar-refractivity contribution in [3.8, 4) is 17.2 Å². The minimum atomic E-state index is -0.961. The standard InChI is InChI=1S/C36H33Cl2F2N5O/c1-16-22-14-28(35-23-12-20(13-26(23)39)44(35)36(46)17-7-8-17)45(33-19-11-27(33)42-15-19)34(22)24-10-18(4-3-9-41)29(31(40)32(24)43-16)21-5-2-6-25(37)30(21)38/h2,5-6,10,14,17,19-20,23,26-27,33,35,42H,3-4,7-8,11-13,15H2,1H3/t19-,20-,23+,26+,27-,33?,35-/m1/s1. The van der Waals surface area contributed by atoms with E-state index in [4.69, 9.17) is 28.2 Å². The fourth-order valence-corrected chi connectivity index (χ4v) is 9.66. The maximum atomic E-state index is 17.0. The number of piperidine rings is 1. The molecular formula is C36H33Cl2F2N5O. The summed E-state index contributed by atoms with van der Waals surface area (Å²) in [5.74, 6) is -0.179. The van der Waals surface area contributed by atoms with Gasteiger partial charge in [-0.3, -0.25) is 4.79 Å². The summed E-state index contributed by atoms with van der Waals surface area (Å²) in [4.78, 5) is 20.7. The van der Waals surface area contributed by atoms with E-state index in [-0.39, 0.29) is 58.9 Å². The molecule has 0 spiro atoms. The van der Waals surface area contributed by atoms with Gasteiger partial charge in [0.2, 0.25) is 5.91 Å². The second-order valence-electron chi connectivity index (χ2n) is 14.0. The summed E-state index contributed by atoms with van der Waals surface area (Å²) in [6, 6.07) is 11.4. The van der Waals surface area contributed by atoms with E-state index in [0.717, 1.165) is 42.4 Å². The number of carbonyl (C=O) groups excluding carboxylic acids is 1. The van der Waals surface area contributed by atoms with Crippen LogP contribution in [-0.2, 0) is 11.2 Å². The number of rotatable bonds is 6. The molecule has 1 unspecified atom stereocenters. The van der Waals surface area contributed by atoms with Crippen LogP contribution in [0.15, 0.2) is 30.3 Å². The molecule has 3 saturated carbocycles. The summed E-state index contributed by atoms with van der Waals surface area (Å²) in [5.41, 5.74) is 4.14. The van der Waals surface area contributed by atoms with E-state index in [1.54, 1.807) is 18.2 Å². The number of aryl methyl sites for hydroxylation is 2. The van der Waals surface area contributed by atoms with Gasteiger partial charge in [0.05, 0.1) is 33.7 Å². The van der Waals surface area contributed by atoms with Gasteiger partial charge in [-0.25, -0.2) is 13.8 Å². The third kappa shape index (κ3) is 4.01. The highest BCUT2D eigenvalue weighted by Crippen LogP contribution is 2.57. The van der Waals surface area contributed by atoms with E-state index in [9.17, 15) is 10.1 Å². The maximum Gasteiger partial charge on any atom is 0.226 e. The lowest BCUT2D eigenvalue weighted by molar-refractivity contribution is -0.138. The van der Waals surface area contributed by atoms with Crippen molar-refractivity contribution in [1.82, 2.24) is 19.8 Å². The Balaban J connectivity index is 1.33. The molecule has 1 amide bonds. The van der Waals surface area contributed by atoms with Crippen molar-refractivity contribution in [2.24, 2.45) is 17.8 Å². The van der Waals surface area contributed by atoms with Gasteiger partial charge >= 0.3 is 0 Å². The van der Waals surface area contributed by atoms with Crippen LogP contribution in [0.25, 0.3) is 32.9 Å². The van der Waals surface area contributed by atoms with Crippen molar-refractivity contribution in [2.75, 3.05) is 6.54 Å². The predicted molar refractivity (Wildman–Crippen MR) is 174 cm³/mol. The van der Waals surface area contributed by atoms with Crippen LogP contribution in [0.2, 0.25) is 10.0 Å². The molecule has 2 aromatic heterocycles. The summed E-state index contributed by atoms with van der Waals surface area (Å²) in [5, 5.41) is 15.3. The Labute approximate surface area is 275 Å². The highest BCUT2D eigenvalue weighted by molar-refractivity contribution is 6.43. The summed E-state index contributed by atoms with van der Waals surface area (Å²) in [6.45, 7) is 2.79. The van der Waals surface area contributed by atoms with E-state index in [1.807, 2.05) is 17.9 Å². The van der Waals surface area contributed by atoms with Gasteiger partial charge in [0.25, 0.3) is 0 Å². The Hall–Kier alpha value is -3.25. The second-order valence-corrected chi connectivity index (χ2v) is 14.8. The number of aromatic nitrogens is 2. The highest BCUT2D eigenvalue weighted by atomic mass is 35.5. The normalized spacial score (nSPS) is 29.6. The van der Waals surface area contributed by atoms with Gasteiger partial charge < -0.3 is 14.8 Å². The number of pyridine rings is 1. The molecule has 4 bridgehead atoms. The van der Waals surface area contributed by atoms with Gasteiger partial charge in [-0.2, -0.15) is 5.26 Å². The largest absolute Gasteiger partial charge is 0.337 e. The van der Waals surface area contributed by atoms with Gasteiger partial charge in [0.15, 0.2) is 5.82 Å². The second kappa shape index (κ2) is 10.4. The lowest BCUT2D eigenvalue weighted by Gasteiger charge is -2.42. The molecule has 3 aliphatic carbocycles. The molecule has 46 heavy (non-hydrogen) atoms. The van der Waals surface area contributed by atoms with E-state index < -0.39 is 12.0 Å². The highest BCUT2D eigenvalue weighted by Gasteiger charge is 2.58. The fourth-order valence-electron chi connectivity index (χ4n) is 9.27. The van der Waals surface area contributed by atoms with Crippen molar-refractivity contribution in [2.45, 2.75) is 82.2 Å². The Morgan fingerprint density at radius 1 is 1.17 bits per heavy atom. The molecule has 7 atom stereocenters. The van der Waals surface area contributed by atoms with Crippen LogP contribution in [0.1, 0.15) is 67.6 Å². The van der Waals surface area contributed by atoms with Crippen molar-refractivity contribution in [1.29, 1.82) is 5.26 Å². The lowest BCUT2D eigenvalue weighted by atomic mass is 9.79. The minimum absolute atomic E-state index is 0.0389. The summed E-state index contributed by atoms with van der Waals surface area (Å²) >= 11 is 13.0. The van der Waals surface area contributed by atoms with Crippen LogP contribution in [0, 0.1) is 41.8 Å². The molecular weight excluding hydrogens is 627 g/mol. The molecule has 2 aromatic carbocycles. The van der Waals surface area contributed by atoms with Gasteiger partial charge in [0, 0.05) is 70.2 Å². The zero-order chi connectivity index (χ0) is 31.6. The lowest BCUT2D eigenvalue weighted by Crippen LogP contribution is -2.46. The number of hydrogen-bond acceptors (Lipinski definition) is 4. The molecule has 10 rings (SSSR count). The molecule has 6 nitrogen and oxygen atoms in total. The number of nitriles is 1. The van der Waals surface area contributed by atoms with Gasteiger partial charge in [0.1, 0.15) is 11.7 Å². The first-order chi connectivity index (χ1) is 22.3. The average Bonchev–Trinajstić information content (AvgIpc) is 3.39.